The topological polar surface area (TPSA) is 23.8 Å². The molecule has 0 aliphatic rings. The summed E-state index contributed by atoms with van der Waals surface area (Å²) in [6, 6.07) is 25.6. The lowest BCUT2D eigenvalue weighted by Crippen LogP contribution is -2.03. The van der Waals surface area contributed by atoms with Crippen LogP contribution in [0.4, 0.5) is 0 Å². The van der Waals surface area contributed by atoms with Crippen LogP contribution in [0, 0.1) is 25.2 Å². The maximum Gasteiger partial charge on any atom is 0.0994 e. The molecule has 3 aromatic carbocycles. The fourth-order valence-corrected chi connectivity index (χ4v) is 3.58. The molecule has 1 heteroatoms. The van der Waals surface area contributed by atoms with Crippen molar-refractivity contribution in [3.63, 3.8) is 0 Å². The molecule has 0 N–H and O–H groups in total. The average molecular weight is 339 g/mol. The van der Waals surface area contributed by atoms with Crippen LogP contribution in [0.3, 0.4) is 0 Å². The second-order valence-corrected chi connectivity index (χ2v) is 6.91. The molecule has 0 saturated heterocycles. The van der Waals surface area contributed by atoms with Crippen LogP contribution in [-0.4, -0.2) is 0 Å². The zero-order chi connectivity index (χ0) is 18.4. The lowest BCUT2D eigenvalue weighted by molar-refractivity contribution is 0.883. The summed E-state index contributed by atoms with van der Waals surface area (Å²) in [5.41, 5.74) is 8.76. The van der Waals surface area contributed by atoms with E-state index in [1.807, 2.05) is 12.1 Å². The van der Waals surface area contributed by atoms with Gasteiger partial charge in [-0.1, -0.05) is 60.7 Å². The van der Waals surface area contributed by atoms with E-state index >= 15 is 0 Å². The number of hydrogen-bond acceptors (Lipinski definition) is 1. The van der Waals surface area contributed by atoms with Gasteiger partial charge in [0.2, 0.25) is 0 Å². The summed E-state index contributed by atoms with van der Waals surface area (Å²) < 4.78 is 0. The summed E-state index contributed by atoms with van der Waals surface area (Å²) in [4.78, 5) is 0. The second-order valence-electron chi connectivity index (χ2n) is 6.91. The van der Waals surface area contributed by atoms with E-state index in [1.165, 1.54) is 33.4 Å². The van der Waals surface area contributed by atoms with Crippen molar-refractivity contribution >= 4 is 0 Å². The number of benzene rings is 3. The van der Waals surface area contributed by atoms with Gasteiger partial charge in [0.15, 0.2) is 0 Å². The van der Waals surface area contributed by atoms with E-state index in [1.54, 1.807) is 0 Å². The van der Waals surface area contributed by atoms with Crippen LogP contribution < -0.4 is 0 Å². The first kappa shape index (κ1) is 18.0. The highest BCUT2D eigenvalue weighted by atomic mass is 14.3. The van der Waals surface area contributed by atoms with Crippen LogP contribution >= 0.6 is 0 Å². The lowest BCUT2D eigenvalue weighted by Gasteiger charge is -2.13. The summed E-state index contributed by atoms with van der Waals surface area (Å²) in [6.45, 7) is 4.32. The largest absolute Gasteiger partial charge is 0.192 e. The Balaban J connectivity index is 1.81. The molecule has 0 unspecified atom stereocenters. The highest BCUT2D eigenvalue weighted by Crippen LogP contribution is 2.21. The van der Waals surface area contributed by atoms with Crippen LogP contribution in [0.2, 0.25) is 0 Å². The minimum atomic E-state index is 0.820. The summed E-state index contributed by atoms with van der Waals surface area (Å²) in [5, 5.41) is 9.57. The first-order chi connectivity index (χ1) is 12.7. The molecule has 0 saturated carbocycles. The molecule has 3 rings (SSSR count). The zero-order valence-electron chi connectivity index (χ0n) is 15.6. The Morgan fingerprint density at radius 3 is 1.69 bits per heavy atom. The Morgan fingerprint density at radius 1 is 0.615 bits per heavy atom. The van der Waals surface area contributed by atoms with Gasteiger partial charge >= 0.3 is 0 Å². The van der Waals surface area contributed by atoms with E-state index in [0.717, 1.165) is 31.2 Å². The molecule has 0 spiro atoms. The quantitative estimate of drug-likeness (QED) is 0.561. The van der Waals surface area contributed by atoms with Crippen LogP contribution in [0.5, 0.6) is 0 Å². The molecule has 0 fully saturated rings. The van der Waals surface area contributed by atoms with Crippen molar-refractivity contribution in [2.75, 3.05) is 0 Å². The maximum absolute atomic E-state index is 9.57. The van der Waals surface area contributed by atoms with Crippen LogP contribution in [0.15, 0.2) is 66.7 Å². The van der Waals surface area contributed by atoms with Gasteiger partial charge in [-0.3, -0.25) is 0 Å². The van der Waals surface area contributed by atoms with Crippen LogP contribution in [-0.2, 0) is 25.7 Å². The number of rotatable bonds is 6. The minimum Gasteiger partial charge on any atom is -0.192 e. The van der Waals surface area contributed by atoms with Crippen molar-refractivity contribution in [2.45, 2.75) is 39.5 Å². The molecule has 0 bridgehead atoms. The summed E-state index contributed by atoms with van der Waals surface area (Å²) in [5.74, 6) is 0. The number of aryl methyl sites for hydroxylation is 5. The Labute approximate surface area is 156 Å². The molecule has 0 aliphatic carbocycles. The Bertz CT molecular complexity index is 931. The van der Waals surface area contributed by atoms with Crippen molar-refractivity contribution < 1.29 is 0 Å². The molecule has 0 aromatic heterocycles. The molecule has 0 heterocycles. The molecule has 0 amide bonds. The predicted molar refractivity (Wildman–Crippen MR) is 108 cm³/mol. The third kappa shape index (κ3) is 4.21. The van der Waals surface area contributed by atoms with E-state index in [4.69, 9.17) is 0 Å². The normalized spacial score (nSPS) is 10.5. The van der Waals surface area contributed by atoms with Gasteiger partial charge in [-0.15, -0.1) is 0 Å². The average Bonchev–Trinajstić information content (AvgIpc) is 2.67. The van der Waals surface area contributed by atoms with Gasteiger partial charge in [-0.25, -0.2) is 0 Å². The van der Waals surface area contributed by atoms with Gasteiger partial charge in [0.1, 0.15) is 0 Å². The molecule has 26 heavy (non-hydrogen) atoms. The molecule has 0 radical (unpaired) electrons. The molecular formula is C25H25N. The second kappa shape index (κ2) is 8.50. The Kier molecular flexibility index (Phi) is 5.87. The Morgan fingerprint density at radius 2 is 1.12 bits per heavy atom. The fraction of sp³-hybridized carbons (Fsp3) is 0.240. The van der Waals surface area contributed by atoms with E-state index < -0.39 is 0 Å². The van der Waals surface area contributed by atoms with Crippen molar-refractivity contribution in [1.82, 2.24) is 0 Å². The van der Waals surface area contributed by atoms with E-state index in [2.05, 4.69) is 74.5 Å². The van der Waals surface area contributed by atoms with E-state index in [9.17, 15) is 5.26 Å². The third-order valence-corrected chi connectivity index (χ3v) is 5.22. The molecular weight excluding hydrogens is 314 g/mol. The summed E-state index contributed by atoms with van der Waals surface area (Å²) >= 11 is 0. The monoisotopic (exact) mass is 339 g/mol. The predicted octanol–water partition coefficient (Wildman–Crippen LogP) is 5.75. The van der Waals surface area contributed by atoms with Gasteiger partial charge in [0.05, 0.1) is 11.6 Å². The van der Waals surface area contributed by atoms with Crippen molar-refractivity contribution in [2.24, 2.45) is 0 Å². The molecule has 1 nitrogen and oxygen atoms in total. The van der Waals surface area contributed by atoms with Gasteiger partial charge in [0, 0.05) is 0 Å². The van der Waals surface area contributed by atoms with Crippen molar-refractivity contribution in [1.29, 1.82) is 5.26 Å². The highest BCUT2D eigenvalue weighted by Gasteiger charge is 2.10. The van der Waals surface area contributed by atoms with Crippen molar-refractivity contribution in [3.05, 3.63) is 106 Å². The first-order valence-electron chi connectivity index (χ1n) is 9.29. The number of nitrogens with zero attached hydrogens (tertiary/aromatic N) is 1. The Hall–Kier alpha value is -2.85. The molecule has 0 atom stereocenters. The smallest absolute Gasteiger partial charge is 0.0994 e. The molecule has 3 aromatic rings. The van der Waals surface area contributed by atoms with Gasteiger partial charge in [0.25, 0.3) is 0 Å². The summed E-state index contributed by atoms with van der Waals surface area (Å²) in [6.07, 6.45) is 3.88. The van der Waals surface area contributed by atoms with Crippen molar-refractivity contribution in [3.8, 4) is 6.07 Å². The maximum atomic E-state index is 9.57. The lowest BCUT2D eigenvalue weighted by atomic mass is 9.91. The third-order valence-electron chi connectivity index (χ3n) is 5.22. The minimum absolute atomic E-state index is 0.820. The van der Waals surface area contributed by atoms with Gasteiger partial charge in [-0.2, -0.15) is 5.26 Å². The highest BCUT2D eigenvalue weighted by molar-refractivity contribution is 5.44. The fourth-order valence-electron chi connectivity index (χ4n) is 3.58. The molecule has 130 valence electrons. The SMILES string of the molecule is Cc1ccccc1CCc1cccc(C#N)c1CCc1ccccc1C. The van der Waals surface area contributed by atoms with Gasteiger partial charge in [-0.05, 0) is 79.0 Å². The van der Waals surface area contributed by atoms with E-state index in [0.29, 0.717) is 0 Å². The van der Waals surface area contributed by atoms with Gasteiger partial charge < -0.3 is 0 Å². The number of hydrogen-bond donors (Lipinski definition) is 0. The van der Waals surface area contributed by atoms with Crippen LogP contribution in [0.25, 0.3) is 0 Å². The first-order valence-corrected chi connectivity index (χ1v) is 9.29. The standard InChI is InChI=1S/C25H25N/c1-19-8-3-5-10-21(19)14-15-23-12-7-13-24(18-26)25(23)17-16-22-11-6-4-9-20(22)2/h3-13H,14-17H2,1-2H3. The van der Waals surface area contributed by atoms with E-state index in [-0.39, 0.29) is 0 Å². The molecule has 0 aliphatic heterocycles. The number of nitriles is 1. The summed E-state index contributed by atoms with van der Waals surface area (Å²) in [7, 11) is 0. The zero-order valence-corrected chi connectivity index (χ0v) is 15.6. The van der Waals surface area contributed by atoms with Crippen LogP contribution in [0.1, 0.15) is 38.9 Å².